The topological polar surface area (TPSA) is 34.0 Å². The second kappa shape index (κ2) is 16.9. The molecule has 180 valence electrons. The third kappa shape index (κ3) is 10.2. The van der Waals surface area contributed by atoms with E-state index in [1.165, 1.54) is 121 Å². The molecular weight excluding hydrogens is 380 g/mol. The molecule has 1 saturated carbocycles. The first-order valence-corrected chi connectivity index (χ1v) is 14.0. The van der Waals surface area contributed by atoms with E-state index < -0.39 is 0 Å². The lowest BCUT2D eigenvalue weighted by atomic mass is 9.73. The molecule has 0 amide bonds. The molecule has 3 nitrogen and oxygen atoms in total. The number of ether oxygens (including phenoxy) is 1. The fraction of sp³-hybridized carbons (Fsp3) is 0.929. The summed E-state index contributed by atoms with van der Waals surface area (Å²) in [6.45, 7) is 7.87. The Kier molecular flexibility index (Phi) is 14.4. The predicted molar refractivity (Wildman–Crippen MR) is 136 cm³/mol. The maximum atomic E-state index is 6.37. The molecule has 0 radical (unpaired) electrons. The Morgan fingerprint density at radius 3 is 2.32 bits per heavy atom. The van der Waals surface area contributed by atoms with Crippen molar-refractivity contribution in [3.8, 4) is 0 Å². The molecule has 2 aliphatic rings. The molecule has 1 aliphatic carbocycles. The lowest BCUT2D eigenvalue weighted by Crippen LogP contribution is -2.35. The van der Waals surface area contributed by atoms with E-state index in [9.17, 15) is 0 Å². The molecule has 31 heavy (non-hydrogen) atoms. The lowest BCUT2D eigenvalue weighted by Gasteiger charge is -2.35. The third-order valence-electron chi connectivity index (χ3n) is 7.50. The van der Waals surface area contributed by atoms with Gasteiger partial charge in [0.25, 0.3) is 0 Å². The Hall–Kier alpha value is -0.700. The predicted octanol–water partition coefficient (Wildman–Crippen LogP) is 8.76. The lowest BCUT2D eigenvalue weighted by molar-refractivity contribution is 0.0294. The van der Waals surface area contributed by atoms with Crippen LogP contribution in [0, 0.1) is 17.8 Å². The van der Waals surface area contributed by atoms with Gasteiger partial charge in [-0.05, 0) is 50.9 Å². The van der Waals surface area contributed by atoms with Gasteiger partial charge >= 0.3 is 0 Å². The molecule has 0 saturated heterocycles. The van der Waals surface area contributed by atoms with E-state index >= 15 is 0 Å². The second-order valence-corrected chi connectivity index (χ2v) is 10.2. The van der Waals surface area contributed by atoms with Crippen LogP contribution in [0.3, 0.4) is 0 Å². The monoisotopic (exact) mass is 432 g/mol. The minimum Gasteiger partial charge on any atom is -0.378 e. The third-order valence-corrected chi connectivity index (χ3v) is 7.50. The van der Waals surface area contributed by atoms with Gasteiger partial charge in [0, 0.05) is 30.4 Å². The van der Waals surface area contributed by atoms with Gasteiger partial charge in [-0.25, -0.2) is 0 Å². The van der Waals surface area contributed by atoms with Crippen molar-refractivity contribution in [3.63, 3.8) is 0 Å². The number of unbranched alkanes of at least 4 members (excludes halogenated alkanes) is 8. The van der Waals surface area contributed by atoms with Crippen molar-refractivity contribution < 1.29 is 4.74 Å². The van der Waals surface area contributed by atoms with Crippen LogP contribution in [0.5, 0.6) is 0 Å². The molecule has 1 aliphatic heterocycles. The quantitative estimate of drug-likeness (QED) is 0.224. The van der Waals surface area contributed by atoms with Crippen molar-refractivity contribution in [1.82, 2.24) is 0 Å². The van der Waals surface area contributed by atoms with Gasteiger partial charge in [0.05, 0.1) is 6.10 Å². The summed E-state index contributed by atoms with van der Waals surface area (Å²) < 4.78 is 6.37. The summed E-state index contributed by atoms with van der Waals surface area (Å²) in [6, 6.07) is 0. The van der Waals surface area contributed by atoms with E-state index in [0.29, 0.717) is 23.9 Å². The Morgan fingerprint density at radius 2 is 1.55 bits per heavy atom. The molecule has 1 fully saturated rings. The van der Waals surface area contributed by atoms with Gasteiger partial charge in [-0.2, -0.15) is 10.2 Å². The van der Waals surface area contributed by atoms with Crippen LogP contribution in [0.2, 0.25) is 0 Å². The Balaban J connectivity index is 1.83. The number of nitrogens with zero attached hydrogens (tertiary/aromatic N) is 2. The number of hydrogen-bond donors (Lipinski definition) is 0. The van der Waals surface area contributed by atoms with E-state index in [0.717, 1.165) is 6.61 Å². The van der Waals surface area contributed by atoms with Crippen LogP contribution in [0.15, 0.2) is 10.2 Å². The van der Waals surface area contributed by atoms with Gasteiger partial charge in [0.1, 0.15) is 0 Å². The molecule has 0 bridgehead atoms. The van der Waals surface area contributed by atoms with Crippen LogP contribution in [-0.4, -0.2) is 24.6 Å². The van der Waals surface area contributed by atoms with Gasteiger partial charge < -0.3 is 4.74 Å². The van der Waals surface area contributed by atoms with Crippen molar-refractivity contribution in [3.05, 3.63) is 0 Å². The van der Waals surface area contributed by atoms with E-state index in [1.54, 1.807) is 0 Å². The largest absolute Gasteiger partial charge is 0.378 e. The maximum absolute atomic E-state index is 6.37. The SMILES string of the molecule is CCCCCCCCOC1CCCC2C=NN=C(C(CCC)CCCCCC)C2CC1. The minimum atomic E-state index is 0.464. The van der Waals surface area contributed by atoms with E-state index in [1.807, 2.05) is 0 Å². The summed E-state index contributed by atoms with van der Waals surface area (Å²) in [7, 11) is 0. The van der Waals surface area contributed by atoms with E-state index in [-0.39, 0.29) is 0 Å². The Morgan fingerprint density at radius 1 is 0.806 bits per heavy atom. The van der Waals surface area contributed by atoms with Crippen molar-refractivity contribution in [2.75, 3.05) is 6.61 Å². The van der Waals surface area contributed by atoms with Crippen LogP contribution in [0.25, 0.3) is 0 Å². The molecule has 0 aromatic rings. The van der Waals surface area contributed by atoms with Crippen molar-refractivity contribution in [2.24, 2.45) is 28.0 Å². The average Bonchev–Trinajstić information content (AvgIpc) is 2.77. The van der Waals surface area contributed by atoms with Gasteiger partial charge in [0.2, 0.25) is 0 Å². The summed E-state index contributed by atoms with van der Waals surface area (Å²) in [5.74, 6) is 1.87. The van der Waals surface area contributed by atoms with Crippen LogP contribution in [0.4, 0.5) is 0 Å². The highest BCUT2D eigenvalue weighted by atomic mass is 16.5. The van der Waals surface area contributed by atoms with Gasteiger partial charge in [-0.1, -0.05) is 91.4 Å². The van der Waals surface area contributed by atoms with Crippen molar-refractivity contribution in [1.29, 1.82) is 0 Å². The highest BCUT2D eigenvalue weighted by Crippen LogP contribution is 2.35. The fourth-order valence-electron chi connectivity index (χ4n) is 5.60. The van der Waals surface area contributed by atoms with Crippen LogP contribution >= 0.6 is 0 Å². The molecule has 0 spiro atoms. The number of fused-ring (bicyclic) bond motifs is 1. The van der Waals surface area contributed by atoms with Crippen LogP contribution < -0.4 is 0 Å². The fourth-order valence-corrected chi connectivity index (χ4v) is 5.60. The Bertz CT molecular complexity index is 501. The standard InChI is InChI=1S/C28H52N2O/c1-4-7-9-11-12-14-22-31-26-19-15-18-25-23-29-30-28(27(25)21-20-26)24(16-6-3)17-13-10-8-5-2/h23-27H,4-22H2,1-3H3. The molecule has 0 aromatic carbocycles. The minimum absolute atomic E-state index is 0.464. The highest BCUT2D eigenvalue weighted by Gasteiger charge is 2.33. The normalized spacial score (nSPS) is 24.9. The summed E-state index contributed by atoms with van der Waals surface area (Å²) in [5, 5.41) is 9.29. The van der Waals surface area contributed by atoms with Gasteiger partial charge in [0.15, 0.2) is 0 Å². The molecule has 4 atom stereocenters. The van der Waals surface area contributed by atoms with Gasteiger partial charge in [-0.3, -0.25) is 0 Å². The number of hydrogen-bond acceptors (Lipinski definition) is 3. The molecule has 2 rings (SSSR count). The average molecular weight is 433 g/mol. The first-order chi connectivity index (χ1) is 15.3. The molecule has 0 aromatic heterocycles. The summed E-state index contributed by atoms with van der Waals surface area (Å²) in [5.41, 5.74) is 1.45. The van der Waals surface area contributed by atoms with E-state index in [4.69, 9.17) is 9.84 Å². The molecule has 0 N–H and O–H groups in total. The number of rotatable bonds is 16. The van der Waals surface area contributed by atoms with E-state index in [2.05, 4.69) is 32.1 Å². The summed E-state index contributed by atoms with van der Waals surface area (Å²) >= 11 is 0. The molecule has 3 heteroatoms. The molecule has 4 unspecified atom stereocenters. The second-order valence-electron chi connectivity index (χ2n) is 10.2. The zero-order valence-corrected chi connectivity index (χ0v) is 21.1. The zero-order chi connectivity index (χ0) is 22.2. The Labute approximate surface area is 193 Å². The van der Waals surface area contributed by atoms with Crippen molar-refractivity contribution >= 4 is 11.9 Å². The van der Waals surface area contributed by atoms with Gasteiger partial charge in [-0.15, -0.1) is 0 Å². The summed E-state index contributed by atoms with van der Waals surface area (Å²) in [4.78, 5) is 0. The highest BCUT2D eigenvalue weighted by molar-refractivity contribution is 5.93. The van der Waals surface area contributed by atoms with Crippen LogP contribution in [-0.2, 0) is 4.74 Å². The zero-order valence-electron chi connectivity index (χ0n) is 21.1. The maximum Gasteiger partial charge on any atom is 0.0575 e. The first-order valence-electron chi connectivity index (χ1n) is 14.0. The smallest absolute Gasteiger partial charge is 0.0575 e. The summed E-state index contributed by atoms with van der Waals surface area (Å²) in [6.07, 6.45) is 26.2. The molecule has 1 heterocycles. The van der Waals surface area contributed by atoms with Crippen LogP contribution in [0.1, 0.15) is 136 Å². The molecular formula is C28H52N2O. The first kappa shape index (κ1) is 26.6. The van der Waals surface area contributed by atoms with Crippen molar-refractivity contribution in [2.45, 2.75) is 142 Å².